The van der Waals surface area contributed by atoms with Gasteiger partial charge in [-0.25, -0.2) is 0 Å². The van der Waals surface area contributed by atoms with Gasteiger partial charge in [0.05, 0.1) is 0 Å². The second-order valence-electron chi connectivity index (χ2n) is 2.13. The van der Waals surface area contributed by atoms with Crippen molar-refractivity contribution in [1.29, 1.82) is 0 Å². The number of carbonyl (C=O) groups excluding carboxylic acids is 1. The Kier molecular flexibility index (Phi) is 6.28. The number of hydrogen-bond donors (Lipinski definition) is 0. The summed E-state index contributed by atoms with van der Waals surface area (Å²) in [7, 11) is 0. The van der Waals surface area contributed by atoms with Crippen LogP contribution in [0.15, 0.2) is 22.7 Å². The van der Waals surface area contributed by atoms with Crippen molar-refractivity contribution < 1.29 is 4.79 Å². The fourth-order valence-corrected chi connectivity index (χ4v) is 0.669. The molecule has 62 valence electrons. The van der Waals surface area contributed by atoms with E-state index in [1.165, 1.54) is 0 Å². The molecule has 0 aromatic rings. The molecule has 1 nitrogen and oxygen atoms in total. The lowest BCUT2D eigenvalue weighted by atomic mass is 10.2. The number of carbonyl (C=O) groups is 1. The molecule has 0 saturated carbocycles. The maximum atomic E-state index is 10.4. The molecule has 0 aliphatic heterocycles. The summed E-state index contributed by atoms with van der Waals surface area (Å²) in [6.07, 6.45) is 6.48. The van der Waals surface area contributed by atoms with Crippen molar-refractivity contribution in [2.45, 2.75) is 19.8 Å². The monoisotopic (exact) mass is 192 g/mol. The van der Waals surface area contributed by atoms with Crippen LogP contribution in [-0.2, 0) is 4.79 Å². The highest BCUT2D eigenvalue weighted by molar-refractivity contribution is 6.55. The summed E-state index contributed by atoms with van der Waals surface area (Å²) >= 11 is 10.7. The molecule has 0 aromatic carbocycles. The molecule has 0 heterocycles. The Labute approximate surface area is 76.7 Å². The first-order valence-electron chi connectivity index (χ1n) is 3.30. The molecule has 0 unspecified atom stereocenters. The van der Waals surface area contributed by atoms with Crippen LogP contribution in [0, 0.1) is 0 Å². The van der Waals surface area contributed by atoms with Crippen molar-refractivity contribution in [1.82, 2.24) is 0 Å². The molecule has 0 fully saturated rings. The summed E-state index contributed by atoms with van der Waals surface area (Å²) < 4.78 is 0.226. The van der Waals surface area contributed by atoms with E-state index in [0.29, 0.717) is 6.42 Å². The van der Waals surface area contributed by atoms with E-state index < -0.39 is 0 Å². The maximum Gasteiger partial charge on any atom is 0.130 e. The number of halogens is 2. The van der Waals surface area contributed by atoms with E-state index >= 15 is 0 Å². The quantitative estimate of drug-likeness (QED) is 0.626. The smallest absolute Gasteiger partial charge is 0.130 e. The first-order chi connectivity index (χ1) is 5.13. The second kappa shape index (κ2) is 6.44. The van der Waals surface area contributed by atoms with Gasteiger partial charge in [-0.1, -0.05) is 35.4 Å². The highest BCUT2D eigenvalue weighted by atomic mass is 35.5. The van der Waals surface area contributed by atoms with Crippen molar-refractivity contribution in [3.63, 3.8) is 0 Å². The molecule has 0 atom stereocenters. The summed E-state index contributed by atoms with van der Waals surface area (Å²) in [6, 6.07) is 0. The molecule has 0 amide bonds. The normalized spacial score (nSPS) is 10.1. The number of Topliss-reactive ketones (excluding diaryl/α,β-unsaturated/α-hetero) is 1. The van der Waals surface area contributed by atoms with Crippen LogP contribution in [0.1, 0.15) is 19.8 Å². The SMILES string of the molecule is CC(=O)CC/C=C/C=C(Cl)Cl. The van der Waals surface area contributed by atoms with Gasteiger partial charge in [0.25, 0.3) is 0 Å². The molecular weight excluding hydrogens is 183 g/mol. The average molecular weight is 193 g/mol. The van der Waals surface area contributed by atoms with Crippen LogP contribution in [0.4, 0.5) is 0 Å². The predicted octanol–water partition coefficient (Wildman–Crippen LogP) is 3.23. The topological polar surface area (TPSA) is 17.1 Å². The fourth-order valence-electron chi connectivity index (χ4n) is 0.524. The highest BCUT2D eigenvalue weighted by Crippen LogP contribution is 2.05. The van der Waals surface area contributed by atoms with E-state index in [9.17, 15) is 4.79 Å². The molecule has 0 aliphatic rings. The van der Waals surface area contributed by atoms with E-state index in [1.54, 1.807) is 19.1 Å². The molecule has 0 N–H and O–H groups in total. The molecular formula is C8H10Cl2O. The van der Waals surface area contributed by atoms with Gasteiger partial charge >= 0.3 is 0 Å². The lowest BCUT2D eigenvalue weighted by Crippen LogP contribution is -1.85. The van der Waals surface area contributed by atoms with Gasteiger partial charge < -0.3 is 4.79 Å². The molecule has 0 aromatic heterocycles. The number of allylic oxidation sites excluding steroid dienone is 3. The minimum absolute atomic E-state index is 0.190. The van der Waals surface area contributed by atoms with E-state index in [1.807, 2.05) is 6.08 Å². The molecule has 0 saturated heterocycles. The van der Waals surface area contributed by atoms with Crippen LogP contribution < -0.4 is 0 Å². The van der Waals surface area contributed by atoms with Crippen LogP contribution in [0.25, 0.3) is 0 Å². The van der Waals surface area contributed by atoms with Gasteiger partial charge in [-0.05, 0) is 19.4 Å². The summed E-state index contributed by atoms with van der Waals surface area (Å²) in [5.74, 6) is 0.190. The van der Waals surface area contributed by atoms with Crippen LogP contribution in [0.3, 0.4) is 0 Å². The number of rotatable bonds is 4. The number of ketones is 1. The van der Waals surface area contributed by atoms with Crippen molar-refractivity contribution in [2.75, 3.05) is 0 Å². The Morgan fingerprint density at radius 1 is 1.45 bits per heavy atom. The fraction of sp³-hybridized carbons (Fsp3) is 0.375. The zero-order valence-corrected chi connectivity index (χ0v) is 7.82. The Hall–Kier alpha value is -0.270. The first-order valence-corrected chi connectivity index (χ1v) is 4.06. The molecule has 0 rings (SSSR count). The zero-order chi connectivity index (χ0) is 8.69. The summed E-state index contributed by atoms with van der Waals surface area (Å²) in [6.45, 7) is 1.57. The van der Waals surface area contributed by atoms with Crippen molar-refractivity contribution in [3.8, 4) is 0 Å². The zero-order valence-electron chi connectivity index (χ0n) is 6.31. The second-order valence-corrected chi connectivity index (χ2v) is 3.13. The lowest BCUT2D eigenvalue weighted by Gasteiger charge is -1.85. The third kappa shape index (κ3) is 9.73. The molecule has 11 heavy (non-hydrogen) atoms. The maximum absolute atomic E-state index is 10.4. The van der Waals surface area contributed by atoms with Gasteiger partial charge in [-0.2, -0.15) is 0 Å². The number of hydrogen-bond acceptors (Lipinski definition) is 1. The van der Waals surface area contributed by atoms with Crippen LogP contribution >= 0.6 is 23.2 Å². The van der Waals surface area contributed by atoms with E-state index in [2.05, 4.69) is 0 Å². The Bertz CT molecular complexity index is 179. The summed E-state index contributed by atoms with van der Waals surface area (Å²) in [5.41, 5.74) is 0. The standard InChI is InChI=1S/C8H10Cl2O/c1-7(11)5-3-2-4-6-8(9)10/h2,4,6H,3,5H2,1H3/b4-2+. The van der Waals surface area contributed by atoms with Gasteiger partial charge in [0.15, 0.2) is 0 Å². The molecule has 0 bridgehead atoms. The largest absolute Gasteiger partial charge is 0.300 e. The van der Waals surface area contributed by atoms with Crippen LogP contribution in [0.5, 0.6) is 0 Å². The van der Waals surface area contributed by atoms with Crippen molar-refractivity contribution in [2.24, 2.45) is 0 Å². The van der Waals surface area contributed by atoms with Crippen LogP contribution in [-0.4, -0.2) is 5.78 Å². The third-order valence-corrected chi connectivity index (χ3v) is 1.27. The Morgan fingerprint density at radius 2 is 2.09 bits per heavy atom. The van der Waals surface area contributed by atoms with Gasteiger partial charge in [-0.3, -0.25) is 0 Å². The Morgan fingerprint density at radius 3 is 2.55 bits per heavy atom. The molecule has 3 heteroatoms. The van der Waals surface area contributed by atoms with Gasteiger partial charge in [-0.15, -0.1) is 0 Å². The van der Waals surface area contributed by atoms with Gasteiger partial charge in [0, 0.05) is 6.42 Å². The van der Waals surface area contributed by atoms with E-state index in [-0.39, 0.29) is 10.3 Å². The minimum atomic E-state index is 0.190. The summed E-state index contributed by atoms with van der Waals surface area (Å²) in [4.78, 5) is 10.4. The third-order valence-electron chi connectivity index (χ3n) is 1.02. The van der Waals surface area contributed by atoms with E-state index in [0.717, 1.165) is 6.42 Å². The van der Waals surface area contributed by atoms with Crippen LogP contribution in [0.2, 0.25) is 0 Å². The lowest BCUT2D eigenvalue weighted by molar-refractivity contribution is -0.116. The molecule has 0 aliphatic carbocycles. The average Bonchev–Trinajstić information content (AvgIpc) is 1.85. The highest BCUT2D eigenvalue weighted by Gasteiger charge is 1.87. The van der Waals surface area contributed by atoms with Crippen molar-refractivity contribution >= 4 is 29.0 Å². The Balaban J connectivity index is 3.46. The molecule has 0 radical (unpaired) electrons. The summed E-state index contributed by atoms with van der Waals surface area (Å²) in [5, 5.41) is 0. The van der Waals surface area contributed by atoms with E-state index in [4.69, 9.17) is 23.2 Å². The first kappa shape index (κ1) is 10.7. The minimum Gasteiger partial charge on any atom is -0.300 e. The van der Waals surface area contributed by atoms with Gasteiger partial charge in [0.1, 0.15) is 10.3 Å². The predicted molar refractivity (Wildman–Crippen MR) is 48.8 cm³/mol. The molecule has 0 spiro atoms. The van der Waals surface area contributed by atoms with Crippen molar-refractivity contribution in [3.05, 3.63) is 22.7 Å². The van der Waals surface area contributed by atoms with Gasteiger partial charge in [0.2, 0.25) is 0 Å².